The zero-order valence-electron chi connectivity index (χ0n) is 27.0. The lowest BCUT2D eigenvalue weighted by atomic mass is 9.76. The Bertz CT molecular complexity index is 1080. The van der Waals surface area contributed by atoms with Gasteiger partial charge < -0.3 is 93.0 Å². The van der Waals surface area contributed by atoms with Crippen LogP contribution in [0.25, 0.3) is 0 Å². The number of hydrogen-bond acceptors (Lipinski definition) is 19. The van der Waals surface area contributed by atoms with E-state index >= 15 is 0 Å². The first-order valence-corrected chi connectivity index (χ1v) is 16.6. The minimum atomic E-state index is -1.67. The number of likely N-dealkylation sites (N-methyl/N-ethyl adjacent to an activating group) is 1. The van der Waals surface area contributed by atoms with Crippen LogP contribution in [0.3, 0.4) is 0 Å². The predicted octanol–water partition coefficient (Wildman–Crippen LogP) is -6.87. The van der Waals surface area contributed by atoms with Crippen LogP contribution in [0.2, 0.25) is 0 Å². The monoisotopic (exact) mass is 694 g/mol. The number of carbonyl (C=O) groups is 1. The molecular formula is C29H54N6O13. The van der Waals surface area contributed by atoms with Crippen molar-refractivity contribution in [2.24, 2.45) is 34.6 Å². The highest BCUT2D eigenvalue weighted by Gasteiger charge is 2.59. The van der Waals surface area contributed by atoms with Gasteiger partial charge in [0.2, 0.25) is 0 Å². The second-order valence-electron chi connectivity index (χ2n) is 13.8. The Morgan fingerprint density at radius 1 is 0.833 bits per heavy atom. The van der Waals surface area contributed by atoms with E-state index in [1.165, 1.54) is 0 Å². The van der Waals surface area contributed by atoms with E-state index in [1.807, 2.05) is 0 Å². The van der Waals surface area contributed by atoms with Gasteiger partial charge in [0.05, 0.1) is 30.9 Å². The fourth-order valence-electron chi connectivity index (χ4n) is 7.13. The predicted molar refractivity (Wildman–Crippen MR) is 163 cm³/mol. The van der Waals surface area contributed by atoms with Gasteiger partial charge >= 0.3 is 0 Å². The smallest absolute Gasteiger partial charge is 0.187 e. The maximum atomic E-state index is 13.0. The minimum Gasteiger partial charge on any atom is -0.394 e. The summed E-state index contributed by atoms with van der Waals surface area (Å²) in [6.07, 6.45) is -14.5. The number of hydrogen-bond donors (Lipinski definition) is 12. The van der Waals surface area contributed by atoms with Crippen molar-refractivity contribution in [3.8, 4) is 0 Å². The molecule has 48 heavy (non-hydrogen) atoms. The lowest BCUT2D eigenvalue weighted by Gasteiger charge is -2.46. The van der Waals surface area contributed by atoms with E-state index in [0.717, 1.165) is 0 Å². The van der Waals surface area contributed by atoms with Gasteiger partial charge in [0, 0.05) is 38.0 Å². The second-order valence-corrected chi connectivity index (χ2v) is 13.8. The molecule has 0 bridgehead atoms. The molecule has 0 aromatic heterocycles. The summed E-state index contributed by atoms with van der Waals surface area (Å²) >= 11 is 0. The van der Waals surface area contributed by atoms with Gasteiger partial charge in [-0.3, -0.25) is 4.79 Å². The molecule has 278 valence electrons. The van der Waals surface area contributed by atoms with Gasteiger partial charge in [-0.05, 0) is 32.2 Å². The largest absolute Gasteiger partial charge is 0.394 e. The summed E-state index contributed by atoms with van der Waals surface area (Å²) in [4.78, 5) is 13.0. The van der Waals surface area contributed by atoms with E-state index in [1.54, 1.807) is 7.05 Å². The summed E-state index contributed by atoms with van der Waals surface area (Å²) in [7, 11) is 1.79. The average Bonchev–Trinajstić information content (AvgIpc) is 3.58. The second kappa shape index (κ2) is 15.7. The lowest BCUT2D eigenvalue weighted by molar-refractivity contribution is -0.292. The molecule has 0 spiro atoms. The molecule has 2 unspecified atom stereocenters. The summed E-state index contributed by atoms with van der Waals surface area (Å²) in [5.41, 5.74) is 28.8. The van der Waals surface area contributed by atoms with Crippen LogP contribution in [0, 0.1) is 5.92 Å². The summed E-state index contributed by atoms with van der Waals surface area (Å²) in [5.74, 6) is -1.32. The molecule has 0 aromatic rings. The van der Waals surface area contributed by atoms with E-state index in [4.69, 9.17) is 57.1 Å². The van der Waals surface area contributed by atoms with Crippen LogP contribution < -0.4 is 34.0 Å². The van der Waals surface area contributed by atoms with Crippen LogP contribution in [0.15, 0.2) is 0 Å². The Balaban J connectivity index is 1.34. The molecular weight excluding hydrogens is 640 g/mol. The van der Waals surface area contributed by atoms with Gasteiger partial charge in [-0.15, -0.1) is 0 Å². The molecule has 0 aromatic carbocycles. The van der Waals surface area contributed by atoms with Crippen molar-refractivity contribution in [3.63, 3.8) is 0 Å². The fourth-order valence-corrected chi connectivity index (χ4v) is 7.13. The fraction of sp³-hybridized carbons (Fsp3) is 0.966. The third kappa shape index (κ3) is 7.73. The molecule has 2 saturated carbocycles. The van der Waals surface area contributed by atoms with E-state index in [9.17, 15) is 35.4 Å². The Morgan fingerprint density at radius 3 is 2.10 bits per heavy atom. The molecule has 19 nitrogen and oxygen atoms in total. The molecule has 0 radical (unpaired) electrons. The quantitative estimate of drug-likeness (QED) is 0.0852. The molecule has 3 heterocycles. The Hall–Kier alpha value is -1.05. The summed E-state index contributed by atoms with van der Waals surface area (Å²) < 4.78 is 36.0. The molecule has 19 atom stereocenters. The maximum absolute atomic E-state index is 13.0. The van der Waals surface area contributed by atoms with Gasteiger partial charge in [-0.2, -0.15) is 0 Å². The maximum Gasteiger partial charge on any atom is 0.187 e. The van der Waals surface area contributed by atoms with Crippen LogP contribution in [0.1, 0.15) is 32.1 Å². The molecule has 19 heteroatoms. The van der Waals surface area contributed by atoms with Crippen molar-refractivity contribution in [1.82, 2.24) is 5.32 Å². The molecule has 2 aliphatic carbocycles. The van der Waals surface area contributed by atoms with Gasteiger partial charge in [-0.25, -0.2) is 0 Å². The van der Waals surface area contributed by atoms with Gasteiger partial charge in [-0.1, -0.05) is 0 Å². The molecule has 17 N–H and O–H groups in total. The van der Waals surface area contributed by atoms with Crippen molar-refractivity contribution in [2.75, 3.05) is 26.7 Å². The van der Waals surface area contributed by atoms with Crippen molar-refractivity contribution >= 4 is 5.78 Å². The highest BCUT2D eigenvalue weighted by molar-refractivity contribution is 5.91. The Morgan fingerprint density at radius 2 is 1.48 bits per heavy atom. The van der Waals surface area contributed by atoms with E-state index < -0.39 is 122 Å². The summed E-state index contributed by atoms with van der Waals surface area (Å²) in [5, 5.41) is 67.3. The zero-order valence-corrected chi connectivity index (χ0v) is 27.0. The van der Waals surface area contributed by atoms with E-state index in [-0.39, 0.29) is 31.9 Å². The Labute approximate surface area is 278 Å². The van der Waals surface area contributed by atoms with Crippen molar-refractivity contribution in [1.29, 1.82) is 0 Å². The van der Waals surface area contributed by atoms with Crippen LogP contribution in [-0.4, -0.2) is 173 Å². The van der Waals surface area contributed by atoms with Crippen molar-refractivity contribution in [3.05, 3.63) is 0 Å². The normalized spacial score (nSPS) is 51.2. The average molecular weight is 695 g/mol. The third-order valence-corrected chi connectivity index (χ3v) is 10.3. The first-order chi connectivity index (χ1) is 22.7. The first kappa shape index (κ1) is 38.2. The lowest BCUT2D eigenvalue weighted by Crippen LogP contribution is -2.64. The highest BCUT2D eigenvalue weighted by Crippen LogP contribution is 2.41. The van der Waals surface area contributed by atoms with Crippen LogP contribution >= 0.6 is 0 Å². The highest BCUT2D eigenvalue weighted by atomic mass is 16.8. The van der Waals surface area contributed by atoms with Gasteiger partial charge in [0.1, 0.15) is 54.4 Å². The standard InChI is InChI=1S/C29H54N6O13/c1-35-8-11-2-3-12(31)26(43-11)46-23-13(32)4-10(5-17(37)29(42)6-16(29)33)19(38)25(23)48-28-22(41)24(15(9-36)45-28)47-27-18(34)21(40)20(39)14(7-30)44-27/h10-16,18-28,35-36,38-42H,2-9,30-34H2,1H3/t10-,11-,12+,13-,14-,15+,16?,18+,19-,20+,21+,22+,23+,24+,25+,26+,27+,28-,29?/m0/s1. The SMILES string of the molecule is CNC[C@@H]1CC[C@@H](N)[C@@H](O[C@H]2[C@H](O[C@@H]3O[C@H](CO)[C@@H](O[C@H]4O[C@@H](CN)[C@@H](O)[C@H](O)[C@H]4N)[C@H]3O)[C@@H](O)[C@H](CC(=O)C3(O)CC3N)C[C@@H]2N)O1. The third-order valence-electron chi connectivity index (χ3n) is 10.3. The number of Topliss-reactive ketones (excluding diaryl/α,β-unsaturated/α-hetero) is 1. The number of aliphatic hydroxyl groups excluding tert-OH is 5. The van der Waals surface area contributed by atoms with Crippen LogP contribution in [-0.2, 0) is 33.2 Å². The Kier molecular flexibility index (Phi) is 12.5. The topological polar surface area (TPSA) is 336 Å². The van der Waals surface area contributed by atoms with E-state index in [2.05, 4.69) is 5.32 Å². The molecule has 5 aliphatic rings. The minimum absolute atomic E-state index is 0.108. The van der Waals surface area contributed by atoms with Crippen LogP contribution in [0.5, 0.6) is 0 Å². The molecule has 5 fully saturated rings. The summed E-state index contributed by atoms with van der Waals surface area (Å²) in [6.45, 7) is -0.263. The first-order valence-electron chi connectivity index (χ1n) is 16.6. The van der Waals surface area contributed by atoms with Crippen LogP contribution in [0.4, 0.5) is 0 Å². The number of ketones is 1. The molecule has 3 aliphatic heterocycles. The molecule has 0 amide bonds. The number of ether oxygens (including phenoxy) is 6. The van der Waals surface area contributed by atoms with Crippen molar-refractivity contribution < 1.29 is 63.9 Å². The number of nitrogens with two attached hydrogens (primary N) is 5. The summed E-state index contributed by atoms with van der Waals surface area (Å²) in [6, 6.07) is -3.29. The van der Waals surface area contributed by atoms with E-state index in [0.29, 0.717) is 19.4 Å². The number of rotatable bonds is 13. The zero-order chi connectivity index (χ0) is 35.1. The molecule has 3 saturated heterocycles. The number of nitrogens with one attached hydrogen (secondary N) is 1. The number of carbonyl (C=O) groups excluding carboxylic acids is 1. The van der Waals surface area contributed by atoms with Gasteiger partial charge in [0.15, 0.2) is 24.7 Å². The van der Waals surface area contributed by atoms with Crippen molar-refractivity contribution in [2.45, 2.75) is 142 Å². The number of aliphatic hydroxyl groups is 6. The molecule has 5 rings (SSSR count). The van der Waals surface area contributed by atoms with Gasteiger partial charge in [0.25, 0.3) is 0 Å².